The van der Waals surface area contributed by atoms with Crippen LogP contribution in [0.1, 0.15) is 35.3 Å². The number of carbonyl (C=O) groups is 1. The SMILES string of the molecule is Cc1cc(=O)c(C(=O)N2CCCCC2CCl)c[nH]1. The number of nitrogens with one attached hydrogen (secondary N) is 1. The highest BCUT2D eigenvalue weighted by atomic mass is 35.5. The Morgan fingerprint density at radius 2 is 2.33 bits per heavy atom. The Hall–Kier alpha value is -1.29. The third-order valence-electron chi connectivity index (χ3n) is 3.35. The van der Waals surface area contributed by atoms with Crippen LogP contribution >= 0.6 is 11.6 Å². The molecule has 0 radical (unpaired) electrons. The van der Waals surface area contributed by atoms with Gasteiger partial charge in [0.1, 0.15) is 5.56 Å². The average Bonchev–Trinajstić information content (AvgIpc) is 2.38. The number of hydrogen-bond donors (Lipinski definition) is 1. The van der Waals surface area contributed by atoms with Crippen molar-refractivity contribution < 1.29 is 4.79 Å². The number of hydrogen-bond acceptors (Lipinski definition) is 2. The largest absolute Gasteiger partial charge is 0.364 e. The van der Waals surface area contributed by atoms with Crippen LogP contribution < -0.4 is 5.43 Å². The molecule has 4 nitrogen and oxygen atoms in total. The van der Waals surface area contributed by atoms with Gasteiger partial charge >= 0.3 is 0 Å². The molecule has 0 aromatic carbocycles. The first-order valence-electron chi connectivity index (χ1n) is 6.19. The molecule has 98 valence electrons. The van der Waals surface area contributed by atoms with Gasteiger partial charge in [-0.05, 0) is 26.2 Å². The molecule has 1 amide bonds. The number of amides is 1. The van der Waals surface area contributed by atoms with Crippen LogP contribution in [0.2, 0.25) is 0 Å². The van der Waals surface area contributed by atoms with E-state index in [9.17, 15) is 9.59 Å². The molecule has 2 rings (SSSR count). The first-order valence-corrected chi connectivity index (χ1v) is 6.73. The van der Waals surface area contributed by atoms with Gasteiger partial charge in [-0.15, -0.1) is 11.6 Å². The fraction of sp³-hybridized carbons (Fsp3) is 0.538. The molecule has 1 N–H and O–H groups in total. The van der Waals surface area contributed by atoms with Crippen LogP contribution in [0, 0.1) is 6.92 Å². The minimum atomic E-state index is -0.227. The van der Waals surface area contributed by atoms with Gasteiger partial charge in [-0.1, -0.05) is 0 Å². The lowest BCUT2D eigenvalue weighted by molar-refractivity contribution is 0.0637. The monoisotopic (exact) mass is 268 g/mol. The Balaban J connectivity index is 2.27. The summed E-state index contributed by atoms with van der Waals surface area (Å²) in [5.74, 6) is 0.219. The number of carbonyl (C=O) groups excluding carboxylic acids is 1. The van der Waals surface area contributed by atoms with Crippen molar-refractivity contribution in [1.29, 1.82) is 0 Å². The lowest BCUT2D eigenvalue weighted by atomic mass is 10.0. The highest BCUT2D eigenvalue weighted by molar-refractivity contribution is 6.18. The smallest absolute Gasteiger partial charge is 0.259 e. The minimum Gasteiger partial charge on any atom is -0.364 e. The average molecular weight is 269 g/mol. The summed E-state index contributed by atoms with van der Waals surface area (Å²) in [6, 6.07) is 1.50. The van der Waals surface area contributed by atoms with E-state index in [1.54, 1.807) is 11.8 Å². The second kappa shape index (κ2) is 5.57. The molecule has 1 aliphatic rings. The van der Waals surface area contributed by atoms with E-state index in [2.05, 4.69) is 4.98 Å². The van der Waals surface area contributed by atoms with Gasteiger partial charge in [0.15, 0.2) is 5.43 Å². The Morgan fingerprint density at radius 3 is 3.00 bits per heavy atom. The number of aromatic nitrogens is 1. The zero-order valence-electron chi connectivity index (χ0n) is 10.4. The van der Waals surface area contributed by atoms with Gasteiger partial charge < -0.3 is 9.88 Å². The molecule has 1 aliphatic heterocycles. The van der Waals surface area contributed by atoms with Gasteiger partial charge in [0.05, 0.1) is 0 Å². The molecule has 5 heteroatoms. The maximum atomic E-state index is 12.3. The van der Waals surface area contributed by atoms with Crippen molar-refractivity contribution in [3.8, 4) is 0 Å². The number of alkyl halides is 1. The Kier molecular flexibility index (Phi) is 4.07. The lowest BCUT2D eigenvalue weighted by Gasteiger charge is -2.34. The van der Waals surface area contributed by atoms with E-state index in [0.717, 1.165) is 25.0 Å². The number of H-pyrrole nitrogens is 1. The summed E-state index contributed by atoms with van der Waals surface area (Å²) >= 11 is 5.89. The molecule has 1 aromatic rings. The third-order valence-corrected chi connectivity index (χ3v) is 3.71. The molecule has 1 saturated heterocycles. The molecule has 1 unspecified atom stereocenters. The maximum Gasteiger partial charge on any atom is 0.259 e. The topological polar surface area (TPSA) is 53.2 Å². The number of pyridine rings is 1. The molecule has 1 atom stereocenters. The first kappa shape index (κ1) is 13.1. The summed E-state index contributed by atoms with van der Waals surface area (Å²) in [4.78, 5) is 28.8. The summed E-state index contributed by atoms with van der Waals surface area (Å²) in [5, 5.41) is 0. The number of halogens is 1. The van der Waals surface area contributed by atoms with Crippen molar-refractivity contribution in [2.45, 2.75) is 32.2 Å². The minimum absolute atomic E-state index is 0.0496. The van der Waals surface area contributed by atoms with Gasteiger partial charge in [-0.3, -0.25) is 9.59 Å². The van der Waals surface area contributed by atoms with E-state index in [4.69, 9.17) is 11.6 Å². The van der Waals surface area contributed by atoms with Crippen LogP contribution in [0.15, 0.2) is 17.1 Å². The van der Waals surface area contributed by atoms with Crippen LogP contribution in [-0.4, -0.2) is 34.3 Å². The number of rotatable bonds is 2. The molecule has 0 bridgehead atoms. The van der Waals surface area contributed by atoms with Crippen LogP contribution in [-0.2, 0) is 0 Å². The fourth-order valence-electron chi connectivity index (χ4n) is 2.32. The van der Waals surface area contributed by atoms with E-state index < -0.39 is 0 Å². The first-order chi connectivity index (χ1) is 8.63. The third kappa shape index (κ3) is 2.58. The predicted molar refractivity (Wildman–Crippen MR) is 71.2 cm³/mol. The van der Waals surface area contributed by atoms with E-state index in [1.807, 2.05) is 0 Å². The Bertz CT molecular complexity index is 498. The quantitative estimate of drug-likeness (QED) is 0.833. The molecular weight excluding hydrogens is 252 g/mol. The summed E-state index contributed by atoms with van der Waals surface area (Å²) < 4.78 is 0. The Morgan fingerprint density at radius 1 is 1.56 bits per heavy atom. The number of piperidine rings is 1. The summed E-state index contributed by atoms with van der Waals surface area (Å²) in [7, 11) is 0. The molecule has 1 fully saturated rings. The summed E-state index contributed by atoms with van der Waals surface area (Å²) in [5.41, 5.74) is 0.733. The van der Waals surface area contributed by atoms with Crippen LogP contribution in [0.25, 0.3) is 0 Å². The second-order valence-electron chi connectivity index (χ2n) is 4.70. The standard InChI is InChI=1S/C13H17ClN2O2/c1-9-6-12(17)11(8-15-9)13(18)16-5-3-2-4-10(16)7-14/h6,8,10H,2-5,7H2,1H3,(H,15,17). The van der Waals surface area contributed by atoms with Gasteiger partial charge in [0.2, 0.25) is 0 Å². The van der Waals surface area contributed by atoms with E-state index in [0.29, 0.717) is 12.4 Å². The maximum absolute atomic E-state index is 12.3. The van der Waals surface area contributed by atoms with Gasteiger partial charge in [0, 0.05) is 36.4 Å². The number of aromatic amines is 1. The highest BCUT2D eigenvalue weighted by Crippen LogP contribution is 2.19. The van der Waals surface area contributed by atoms with Gasteiger partial charge in [-0.2, -0.15) is 0 Å². The molecule has 18 heavy (non-hydrogen) atoms. The summed E-state index contributed by atoms with van der Waals surface area (Å²) in [6.45, 7) is 2.47. The van der Waals surface area contributed by atoms with Gasteiger partial charge in [0.25, 0.3) is 5.91 Å². The number of aryl methyl sites for hydroxylation is 1. The molecule has 2 heterocycles. The lowest BCUT2D eigenvalue weighted by Crippen LogP contribution is -2.46. The number of nitrogens with zero attached hydrogens (tertiary/aromatic N) is 1. The van der Waals surface area contributed by atoms with E-state index in [-0.39, 0.29) is 22.9 Å². The van der Waals surface area contributed by atoms with Crippen LogP contribution in [0.3, 0.4) is 0 Å². The van der Waals surface area contributed by atoms with E-state index in [1.165, 1.54) is 12.3 Å². The van der Waals surface area contributed by atoms with Gasteiger partial charge in [-0.25, -0.2) is 0 Å². The highest BCUT2D eigenvalue weighted by Gasteiger charge is 2.27. The molecule has 0 spiro atoms. The normalized spacial score (nSPS) is 19.9. The second-order valence-corrected chi connectivity index (χ2v) is 5.01. The molecule has 1 aromatic heterocycles. The van der Waals surface area contributed by atoms with Crippen molar-refractivity contribution >= 4 is 17.5 Å². The molecular formula is C13H17ClN2O2. The molecule has 0 aliphatic carbocycles. The van der Waals surface area contributed by atoms with Crippen LogP contribution in [0.5, 0.6) is 0 Å². The zero-order chi connectivity index (χ0) is 13.1. The van der Waals surface area contributed by atoms with Crippen molar-refractivity contribution in [1.82, 2.24) is 9.88 Å². The van der Waals surface area contributed by atoms with Crippen molar-refractivity contribution in [2.75, 3.05) is 12.4 Å². The van der Waals surface area contributed by atoms with Crippen LogP contribution in [0.4, 0.5) is 0 Å². The van der Waals surface area contributed by atoms with Crippen molar-refractivity contribution in [3.63, 3.8) is 0 Å². The zero-order valence-corrected chi connectivity index (χ0v) is 11.2. The summed E-state index contributed by atoms with van der Waals surface area (Å²) in [6.07, 6.45) is 4.48. The number of likely N-dealkylation sites (tertiary alicyclic amines) is 1. The van der Waals surface area contributed by atoms with E-state index >= 15 is 0 Å². The predicted octanol–water partition coefficient (Wildman–Crippen LogP) is 1.92. The molecule has 0 saturated carbocycles. The Labute approximate surface area is 111 Å². The van der Waals surface area contributed by atoms with Crippen molar-refractivity contribution in [2.24, 2.45) is 0 Å². The fourth-order valence-corrected chi connectivity index (χ4v) is 2.64. The van der Waals surface area contributed by atoms with Crippen molar-refractivity contribution in [3.05, 3.63) is 33.7 Å².